The predicted molar refractivity (Wildman–Crippen MR) is 266 cm³/mol. The van der Waals surface area contributed by atoms with Crippen molar-refractivity contribution in [1.82, 2.24) is 35.6 Å². The van der Waals surface area contributed by atoms with E-state index in [4.69, 9.17) is 15.9 Å². The lowest BCUT2D eigenvalue weighted by Gasteiger charge is -2.44. The van der Waals surface area contributed by atoms with E-state index in [2.05, 4.69) is 54.9 Å². The van der Waals surface area contributed by atoms with Gasteiger partial charge in [-0.1, -0.05) is 30.3 Å². The van der Waals surface area contributed by atoms with Gasteiger partial charge in [-0.15, -0.1) is 0 Å². The third kappa shape index (κ3) is 10.1. The predicted octanol–water partition coefficient (Wildman–Crippen LogP) is 4.24. The average molecular weight is 961 g/mol. The first-order valence-corrected chi connectivity index (χ1v) is 24.9. The number of primary amides is 1. The van der Waals surface area contributed by atoms with Crippen molar-refractivity contribution in [1.29, 1.82) is 5.41 Å². The number of anilines is 1. The number of nitrogens with one attached hydrogen (secondary N) is 4. The van der Waals surface area contributed by atoms with Crippen molar-refractivity contribution in [2.75, 3.05) is 63.8 Å². The molecule has 5 heterocycles. The molecule has 17 heteroatoms. The molecule has 71 heavy (non-hydrogen) atoms. The number of piperidine rings is 1. The third-order valence-electron chi connectivity index (χ3n) is 15.2. The van der Waals surface area contributed by atoms with Crippen LogP contribution in [-0.4, -0.2) is 138 Å². The van der Waals surface area contributed by atoms with Crippen LogP contribution in [-0.2, 0) is 20.9 Å². The van der Waals surface area contributed by atoms with E-state index in [1.54, 1.807) is 35.2 Å². The van der Waals surface area contributed by atoms with Gasteiger partial charge in [0.25, 0.3) is 23.6 Å². The number of para-hydroxylation sites is 1. The average Bonchev–Trinajstić information content (AvgIpc) is 3.64. The van der Waals surface area contributed by atoms with Crippen LogP contribution in [0.4, 0.5) is 5.69 Å². The maximum absolute atomic E-state index is 13.6. The number of carbonyl (C=O) groups is 6. The highest BCUT2D eigenvalue weighted by molar-refractivity contribution is 6.27. The summed E-state index contributed by atoms with van der Waals surface area (Å²) in [5.41, 5.74) is 9.66. The Kier molecular flexibility index (Phi) is 13.7. The molecule has 17 nitrogen and oxygen atoms in total. The van der Waals surface area contributed by atoms with Crippen LogP contribution in [0, 0.1) is 11.3 Å². The Labute approximate surface area is 412 Å². The molecule has 0 aromatic heterocycles. The summed E-state index contributed by atoms with van der Waals surface area (Å²) in [6.07, 6.45) is 5.53. The Balaban J connectivity index is 0.657. The number of ether oxygens (including phenoxy) is 1. The summed E-state index contributed by atoms with van der Waals surface area (Å²) in [7, 11) is 0. The van der Waals surface area contributed by atoms with Crippen molar-refractivity contribution in [3.63, 3.8) is 0 Å². The van der Waals surface area contributed by atoms with Crippen molar-refractivity contribution >= 4 is 46.8 Å². The fourth-order valence-electron chi connectivity index (χ4n) is 11.2. The Morgan fingerprint density at radius 1 is 0.704 bits per heavy atom. The lowest BCUT2D eigenvalue weighted by molar-refractivity contribution is -0.136. The standard InChI is InChI=1S/C54H60N10O7/c55-48(36-10-17-41(18-11-36)71-40-4-2-1-3-5-40)47(49(56)66)50-57-23-22-44(58-50)35-8-15-39(16-9-35)61-26-24-60(25-27-61)33-34-6-13-38(14-7-34)62-28-30-63(31-29-62)52(68)37-12-19-42-43(32-37)54(70)64(53(42)69)45-20-21-46(65)59-51(45)67/h1-7,10-14,17-19,32,35,39,44-45,55,57-58H,8-9,15-16,20-31,33H2,(H2,56,66)(H,59,65,67)/b50-47+,55-48?/t35?,39?,44-,45?/m0/s1. The second-order valence-corrected chi connectivity index (χ2v) is 19.4. The number of imide groups is 2. The maximum atomic E-state index is 13.6. The topological polar surface area (TPSA) is 214 Å². The Bertz CT molecular complexity index is 2740. The summed E-state index contributed by atoms with van der Waals surface area (Å²) in [6, 6.07) is 29.6. The van der Waals surface area contributed by atoms with Crippen LogP contribution in [0.15, 0.2) is 108 Å². The van der Waals surface area contributed by atoms with Gasteiger partial charge < -0.3 is 30.9 Å². The first kappa shape index (κ1) is 47.3. The quantitative estimate of drug-likeness (QED) is 0.0767. The monoisotopic (exact) mass is 960 g/mol. The number of amides is 6. The maximum Gasteiger partial charge on any atom is 0.262 e. The molecule has 6 aliphatic rings. The molecule has 1 aliphatic carbocycles. The highest BCUT2D eigenvalue weighted by atomic mass is 16.5. The van der Waals surface area contributed by atoms with Gasteiger partial charge in [-0.25, -0.2) is 0 Å². The summed E-state index contributed by atoms with van der Waals surface area (Å²) in [4.78, 5) is 87.2. The van der Waals surface area contributed by atoms with Gasteiger partial charge in [0.2, 0.25) is 11.8 Å². The van der Waals surface area contributed by atoms with E-state index in [1.807, 2.05) is 30.3 Å². The fourth-order valence-corrected chi connectivity index (χ4v) is 11.2. The lowest BCUT2D eigenvalue weighted by Crippen LogP contribution is -2.54. The zero-order chi connectivity index (χ0) is 49.2. The molecule has 1 unspecified atom stereocenters. The van der Waals surface area contributed by atoms with Gasteiger partial charge in [-0.2, -0.15) is 0 Å². The minimum Gasteiger partial charge on any atom is -0.457 e. The Hall–Kier alpha value is -7.37. The molecule has 6 amide bonds. The zero-order valence-electron chi connectivity index (χ0n) is 39.7. The number of nitrogens with zero attached hydrogens (tertiary/aromatic N) is 5. The molecule has 0 bridgehead atoms. The molecule has 4 aromatic rings. The number of benzene rings is 4. The van der Waals surface area contributed by atoms with Crippen molar-refractivity contribution in [2.24, 2.45) is 11.7 Å². The van der Waals surface area contributed by atoms with Gasteiger partial charge in [0.15, 0.2) is 0 Å². The summed E-state index contributed by atoms with van der Waals surface area (Å²) in [5, 5.41) is 18.1. The number of carbonyl (C=O) groups excluding carboxylic acids is 6. The SMILES string of the molecule is N=C(/C(C(N)=O)=C1/NCC[C@@H](C2CCC(N3CCN(Cc4ccc(N5CCN(C(=O)c6ccc7c(c6)C(=O)N(C6CCC(=O)NC6=O)C7=O)CC5)cc4)CC3)CC2)N1)c1ccc(Oc2ccccc2)cc1. The number of hydrogen-bond acceptors (Lipinski definition) is 13. The molecule has 0 radical (unpaired) electrons. The van der Waals surface area contributed by atoms with Gasteiger partial charge in [0.1, 0.15) is 28.9 Å². The summed E-state index contributed by atoms with van der Waals surface area (Å²) < 4.78 is 5.92. The van der Waals surface area contributed by atoms with Crippen LogP contribution in [0.25, 0.3) is 0 Å². The van der Waals surface area contributed by atoms with E-state index in [-0.39, 0.29) is 47.2 Å². The van der Waals surface area contributed by atoms with E-state index >= 15 is 0 Å². The first-order chi connectivity index (χ1) is 34.5. The molecule has 2 atom stereocenters. The molecular formula is C54H60N10O7. The van der Waals surface area contributed by atoms with Gasteiger partial charge in [-0.05, 0) is 117 Å². The molecule has 10 rings (SSSR count). The van der Waals surface area contributed by atoms with E-state index in [0.717, 1.165) is 81.2 Å². The van der Waals surface area contributed by atoms with Crippen molar-refractivity contribution in [2.45, 2.75) is 69.6 Å². The summed E-state index contributed by atoms with van der Waals surface area (Å²) >= 11 is 0. The smallest absolute Gasteiger partial charge is 0.262 e. The molecular weight excluding hydrogens is 901 g/mol. The molecule has 368 valence electrons. The molecule has 5 aliphatic heterocycles. The normalized spacial score (nSPS) is 23.9. The molecule has 4 saturated heterocycles. The highest BCUT2D eigenvalue weighted by Crippen LogP contribution is 2.34. The molecule has 5 fully saturated rings. The molecule has 0 spiro atoms. The lowest BCUT2D eigenvalue weighted by atomic mass is 9.79. The van der Waals surface area contributed by atoms with Crippen LogP contribution in [0.5, 0.6) is 11.5 Å². The highest BCUT2D eigenvalue weighted by Gasteiger charge is 2.45. The van der Waals surface area contributed by atoms with Crippen molar-refractivity contribution in [3.05, 3.63) is 136 Å². The van der Waals surface area contributed by atoms with Crippen molar-refractivity contribution < 1.29 is 33.5 Å². The molecule has 1 saturated carbocycles. The van der Waals surface area contributed by atoms with Gasteiger partial charge in [-0.3, -0.25) is 54.2 Å². The first-order valence-electron chi connectivity index (χ1n) is 24.9. The largest absolute Gasteiger partial charge is 0.457 e. The van der Waals surface area contributed by atoms with Crippen molar-refractivity contribution in [3.8, 4) is 11.5 Å². The van der Waals surface area contributed by atoms with Crippen LogP contribution in [0.2, 0.25) is 0 Å². The van der Waals surface area contributed by atoms with E-state index in [1.165, 1.54) is 17.7 Å². The second-order valence-electron chi connectivity index (χ2n) is 19.4. The minimum atomic E-state index is -1.06. The van der Waals surface area contributed by atoms with Gasteiger partial charge in [0, 0.05) is 101 Å². The second kappa shape index (κ2) is 20.5. The Morgan fingerprint density at radius 3 is 2.07 bits per heavy atom. The Morgan fingerprint density at radius 2 is 1.38 bits per heavy atom. The number of fused-ring (bicyclic) bond motifs is 1. The number of piperazine rings is 2. The van der Waals surface area contributed by atoms with E-state index in [9.17, 15) is 28.8 Å². The van der Waals surface area contributed by atoms with E-state index < -0.39 is 35.6 Å². The van der Waals surface area contributed by atoms with Crippen LogP contribution >= 0.6 is 0 Å². The molecule has 6 N–H and O–H groups in total. The van der Waals surface area contributed by atoms with Crippen LogP contribution in [0.3, 0.4) is 0 Å². The fraction of sp³-hybridized carbons (Fsp3) is 0.389. The summed E-state index contributed by atoms with van der Waals surface area (Å²) in [5.74, 6) is -0.821. The van der Waals surface area contributed by atoms with Crippen LogP contribution in [0.1, 0.15) is 87.1 Å². The summed E-state index contributed by atoms with van der Waals surface area (Å²) in [6.45, 7) is 8.00. The van der Waals surface area contributed by atoms with Crippen LogP contribution < -0.4 is 31.3 Å². The minimum absolute atomic E-state index is 0.0378. The molecule has 4 aromatic carbocycles. The number of nitrogens with two attached hydrogens (primary N) is 1. The van der Waals surface area contributed by atoms with Gasteiger partial charge >= 0.3 is 0 Å². The van der Waals surface area contributed by atoms with Gasteiger partial charge in [0.05, 0.1) is 16.8 Å². The zero-order valence-corrected chi connectivity index (χ0v) is 39.7. The number of rotatable bonds is 12. The van der Waals surface area contributed by atoms with E-state index in [0.29, 0.717) is 67.4 Å². The number of hydrogen-bond donors (Lipinski definition) is 5. The third-order valence-corrected chi connectivity index (χ3v) is 15.2.